The summed E-state index contributed by atoms with van der Waals surface area (Å²) in [6.45, 7) is 4.64. The SMILES string of the molecule is CC(C)C(Br)CNC(=O)c1cc(O)ccc1Cl. The zero-order chi connectivity index (χ0) is 13.0. The minimum Gasteiger partial charge on any atom is -0.508 e. The van der Waals surface area contributed by atoms with Gasteiger partial charge in [-0.15, -0.1) is 0 Å². The van der Waals surface area contributed by atoms with Crippen LogP contribution < -0.4 is 5.32 Å². The summed E-state index contributed by atoms with van der Waals surface area (Å²) in [7, 11) is 0. The number of nitrogens with one attached hydrogen (secondary N) is 1. The van der Waals surface area contributed by atoms with Crippen LogP contribution in [-0.4, -0.2) is 22.4 Å². The van der Waals surface area contributed by atoms with E-state index in [9.17, 15) is 9.90 Å². The third kappa shape index (κ3) is 4.21. The normalized spacial score (nSPS) is 12.5. The number of alkyl halides is 1. The number of aromatic hydroxyl groups is 1. The summed E-state index contributed by atoms with van der Waals surface area (Å²) in [5.41, 5.74) is 0.287. The van der Waals surface area contributed by atoms with Crippen LogP contribution in [0.3, 0.4) is 0 Å². The van der Waals surface area contributed by atoms with Gasteiger partial charge in [-0.3, -0.25) is 4.79 Å². The predicted molar refractivity (Wildman–Crippen MR) is 73.0 cm³/mol. The molecular formula is C12H15BrClNO2. The first kappa shape index (κ1) is 14.3. The second kappa shape index (κ2) is 6.26. The Balaban J connectivity index is 2.67. The topological polar surface area (TPSA) is 49.3 Å². The average Bonchev–Trinajstić information content (AvgIpc) is 2.28. The Kier molecular flexibility index (Phi) is 5.28. The van der Waals surface area contributed by atoms with Gasteiger partial charge >= 0.3 is 0 Å². The summed E-state index contributed by atoms with van der Waals surface area (Å²) in [6.07, 6.45) is 0. The van der Waals surface area contributed by atoms with Crippen molar-refractivity contribution in [3.8, 4) is 5.75 Å². The van der Waals surface area contributed by atoms with E-state index in [2.05, 4.69) is 35.1 Å². The number of carbonyl (C=O) groups is 1. The largest absolute Gasteiger partial charge is 0.508 e. The zero-order valence-corrected chi connectivity index (χ0v) is 12.0. The molecule has 1 atom stereocenters. The summed E-state index contributed by atoms with van der Waals surface area (Å²) in [5, 5.41) is 12.4. The van der Waals surface area contributed by atoms with Crippen LogP contribution in [0.5, 0.6) is 5.75 Å². The van der Waals surface area contributed by atoms with Crippen LogP contribution in [0.25, 0.3) is 0 Å². The minimum absolute atomic E-state index is 0.0267. The molecule has 0 heterocycles. The van der Waals surface area contributed by atoms with Crippen molar-refractivity contribution < 1.29 is 9.90 Å². The molecular weight excluding hydrogens is 305 g/mol. The summed E-state index contributed by atoms with van der Waals surface area (Å²) in [5.74, 6) is 0.171. The summed E-state index contributed by atoms with van der Waals surface area (Å²) in [4.78, 5) is 12.0. The van der Waals surface area contributed by atoms with Crippen molar-refractivity contribution in [1.82, 2.24) is 5.32 Å². The molecule has 0 aromatic heterocycles. The van der Waals surface area contributed by atoms with Gasteiger partial charge in [0, 0.05) is 11.4 Å². The van der Waals surface area contributed by atoms with E-state index < -0.39 is 0 Å². The molecule has 1 rings (SSSR count). The molecule has 2 N–H and O–H groups in total. The maximum Gasteiger partial charge on any atom is 0.252 e. The number of rotatable bonds is 4. The van der Waals surface area contributed by atoms with Crippen LogP contribution >= 0.6 is 27.5 Å². The van der Waals surface area contributed by atoms with Gasteiger partial charge in [0.2, 0.25) is 0 Å². The Morgan fingerprint density at radius 1 is 1.53 bits per heavy atom. The molecule has 0 saturated carbocycles. The minimum atomic E-state index is -0.281. The second-order valence-electron chi connectivity index (χ2n) is 4.13. The molecule has 3 nitrogen and oxygen atoms in total. The number of benzene rings is 1. The fraction of sp³-hybridized carbons (Fsp3) is 0.417. The molecule has 94 valence electrons. The average molecular weight is 321 g/mol. The van der Waals surface area contributed by atoms with Crippen molar-refractivity contribution in [3.63, 3.8) is 0 Å². The monoisotopic (exact) mass is 319 g/mol. The molecule has 5 heteroatoms. The molecule has 0 aliphatic rings. The van der Waals surface area contributed by atoms with E-state index in [1.54, 1.807) is 0 Å². The van der Waals surface area contributed by atoms with Crippen molar-refractivity contribution in [2.24, 2.45) is 5.92 Å². The molecule has 0 radical (unpaired) electrons. The maximum absolute atomic E-state index is 11.8. The predicted octanol–water partition coefficient (Wildman–Crippen LogP) is 3.19. The van der Waals surface area contributed by atoms with Crippen molar-refractivity contribution in [3.05, 3.63) is 28.8 Å². The number of amides is 1. The Bertz CT molecular complexity index is 409. The zero-order valence-electron chi connectivity index (χ0n) is 9.71. The smallest absolute Gasteiger partial charge is 0.252 e. The van der Waals surface area contributed by atoms with Gasteiger partial charge < -0.3 is 10.4 Å². The lowest BCUT2D eigenvalue weighted by molar-refractivity contribution is 0.0952. The molecule has 1 unspecified atom stereocenters. The van der Waals surface area contributed by atoms with E-state index in [0.29, 0.717) is 17.5 Å². The standard InChI is InChI=1S/C12H15BrClNO2/c1-7(2)10(13)6-15-12(17)9-5-8(16)3-4-11(9)14/h3-5,7,10,16H,6H2,1-2H3,(H,15,17). The van der Waals surface area contributed by atoms with Crippen molar-refractivity contribution in [2.75, 3.05) is 6.54 Å². The molecule has 0 fully saturated rings. The number of hydrogen-bond acceptors (Lipinski definition) is 2. The molecule has 0 aliphatic carbocycles. The maximum atomic E-state index is 11.8. The van der Waals surface area contributed by atoms with E-state index in [4.69, 9.17) is 11.6 Å². The van der Waals surface area contributed by atoms with Gasteiger partial charge in [0.25, 0.3) is 5.91 Å². The lowest BCUT2D eigenvalue weighted by atomic mass is 10.1. The Hall–Kier alpha value is -0.740. The molecule has 1 aromatic carbocycles. The number of carbonyl (C=O) groups excluding carboxylic acids is 1. The molecule has 0 bridgehead atoms. The van der Waals surface area contributed by atoms with E-state index >= 15 is 0 Å². The lowest BCUT2D eigenvalue weighted by Crippen LogP contribution is -2.31. The van der Waals surface area contributed by atoms with Gasteiger partial charge in [-0.05, 0) is 24.1 Å². The highest BCUT2D eigenvalue weighted by Crippen LogP contribution is 2.21. The van der Waals surface area contributed by atoms with E-state index in [1.807, 2.05) is 0 Å². The number of phenols is 1. The van der Waals surface area contributed by atoms with Crippen LogP contribution in [0.2, 0.25) is 5.02 Å². The molecule has 1 aromatic rings. The quantitative estimate of drug-likeness (QED) is 0.837. The van der Waals surface area contributed by atoms with Crippen molar-refractivity contribution in [2.45, 2.75) is 18.7 Å². The van der Waals surface area contributed by atoms with Gasteiger partial charge in [-0.25, -0.2) is 0 Å². The van der Waals surface area contributed by atoms with Crippen LogP contribution in [0.1, 0.15) is 24.2 Å². The molecule has 1 amide bonds. The van der Waals surface area contributed by atoms with E-state index in [1.165, 1.54) is 18.2 Å². The Morgan fingerprint density at radius 3 is 2.76 bits per heavy atom. The van der Waals surface area contributed by atoms with Crippen molar-refractivity contribution >= 4 is 33.4 Å². The first-order chi connectivity index (χ1) is 7.91. The third-order valence-corrected chi connectivity index (χ3v) is 4.09. The third-order valence-electron chi connectivity index (χ3n) is 2.38. The number of halogens is 2. The Morgan fingerprint density at radius 2 is 2.18 bits per heavy atom. The van der Waals surface area contributed by atoms with Crippen LogP contribution in [-0.2, 0) is 0 Å². The van der Waals surface area contributed by atoms with Crippen LogP contribution in [0.15, 0.2) is 18.2 Å². The highest BCUT2D eigenvalue weighted by molar-refractivity contribution is 9.09. The number of phenolic OH excluding ortho intramolecular Hbond substituents is 1. The molecule has 0 aliphatic heterocycles. The van der Waals surface area contributed by atoms with E-state index in [-0.39, 0.29) is 22.0 Å². The number of hydrogen-bond donors (Lipinski definition) is 2. The van der Waals surface area contributed by atoms with Gasteiger partial charge in [0.15, 0.2) is 0 Å². The Labute approximate surface area is 114 Å². The highest BCUT2D eigenvalue weighted by atomic mass is 79.9. The molecule has 0 spiro atoms. The first-order valence-electron chi connectivity index (χ1n) is 5.32. The summed E-state index contributed by atoms with van der Waals surface area (Å²) in [6, 6.07) is 4.30. The van der Waals surface area contributed by atoms with Crippen LogP contribution in [0.4, 0.5) is 0 Å². The summed E-state index contributed by atoms with van der Waals surface area (Å²) >= 11 is 9.36. The van der Waals surface area contributed by atoms with Crippen molar-refractivity contribution in [1.29, 1.82) is 0 Å². The van der Waals surface area contributed by atoms with Gasteiger partial charge in [0.05, 0.1) is 10.6 Å². The fourth-order valence-corrected chi connectivity index (χ4v) is 1.57. The first-order valence-corrected chi connectivity index (χ1v) is 6.62. The second-order valence-corrected chi connectivity index (χ2v) is 5.72. The fourth-order valence-electron chi connectivity index (χ4n) is 1.21. The van der Waals surface area contributed by atoms with E-state index in [0.717, 1.165) is 0 Å². The van der Waals surface area contributed by atoms with Gasteiger partial charge in [0.1, 0.15) is 5.75 Å². The molecule has 17 heavy (non-hydrogen) atoms. The van der Waals surface area contributed by atoms with Crippen LogP contribution in [0, 0.1) is 5.92 Å². The highest BCUT2D eigenvalue weighted by Gasteiger charge is 2.14. The van der Waals surface area contributed by atoms with Gasteiger partial charge in [-0.1, -0.05) is 41.4 Å². The van der Waals surface area contributed by atoms with Gasteiger partial charge in [-0.2, -0.15) is 0 Å². The summed E-state index contributed by atoms with van der Waals surface area (Å²) < 4.78 is 0. The molecule has 0 saturated heterocycles. The lowest BCUT2D eigenvalue weighted by Gasteiger charge is -2.14.